The van der Waals surface area contributed by atoms with Gasteiger partial charge < -0.3 is 18.8 Å². The summed E-state index contributed by atoms with van der Waals surface area (Å²) in [4.78, 5) is 25.3. The Morgan fingerprint density at radius 1 is 0.907 bits per heavy atom. The first-order valence-corrected chi connectivity index (χ1v) is 24.4. The number of rotatable bonds is 29. The number of carbonyl (C=O) groups excluding carboxylic acids is 2. The molecule has 54 heavy (non-hydrogen) atoms. The van der Waals surface area contributed by atoms with Crippen LogP contribution in [0.4, 0.5) is 0 Å². The molecule has 1 aliphatic carbocycles. The highest BCUT2D eigenvalue weighted by Gasteiger charge is 2.49. The normalized spacial score (nSPS) is 19.4. The summed E-state index contributed by atoms with van der Waals surface area (Å²) in [6.45, 7) is 18.0. The zero-order valence-corrected chi connectivity index (χ0v) is 37.7. The summed E-state index contributed by atoms with van der Waals surface area (Å²) in [6, 6.07) is 10.4. The molecule has 0 aliphatic heterocycles. The van der Waals surface area contributed by atoms with Crippen molar-refractivity contribution in [2.75, 3.05) is 27.7 Å². The number of unbranched alkanes of at least 4 members (excludes halogenated alkanes) is 9. The Hall–Kier alpha value is -1.80. The van der Waals surface area contributed by atoms with Crippen LogP contribution in [0.25, 0.3) is 0 Å². The average Bonchev–Trinajstić information content (AvgIpc) is 3.41. The molecule has 0 saturated heterocycles. The number of hydrogen-bond acceptors (Lipinski definition) is 5. The fraction of sp³-hybridized carbons (Fsp3) is 0.787. The van der Waals surface area contributed by atoms with Crippen LogP contribution >= 0.6 is 0 Å². The molecule has 1 aromatic carbocycles. The van der Waals surface area contributed by atoms with Gasteiger partial charge in [0.1, 0.15) is 12.3 Å². The van der Waals surface area contributed by atoms with Crippen molar-refractivity contribution in [2.45, 2.75) is 199 Å². The number of ketones is 1. The van der Waals surface area contributed by atoms with Crippen molar-refractivity contribution in [1.82, 2.24) is 0 Å². The highest BCUT2D eigenvalue weighted by Crippen LogP contribution is 2.44. The Morgan fingerprint density at radius 2 is 1.50 bits per heavy atom. The van der Waals surface area contributed by atoms with Crippen molar-refractivity contribution in [1.29, 1.82) is 0 Å². The first-order valence-electron chi connectivity index (χ1n) is 22.2. The Bertz CT molecular complexity index is 1210. The van der Waals surface area contributed by atoms with E-state index in [9.17, 15) is 14.7 Å². The smallest absolute Gasteiger partial charge is 0.305 e. The number of methoxy groups -OCH3 is 1. The summed E-state index contributed by atoms with van der Waals surface area (Å²) in [7, 11) is 3.86. The minimum Gasteiger partial charge on any atom is -0.469 e. The van der Waals surface area contributed by atoms with Gasteiger partial charge in [0.2, 0.25) is 0 Å². The van der Waals surface area contributed by atoms with Crippen LogP contribution in [-0.2, 0) is 31.7 Å². The Morgan fingerprint density at radius 3 is 2.13 bits per heavy atom. The Balaban J connectivity index is 2.18. The Kier molecular flexibility index (Phi) is 22.2. The maximum atomic E-state index is 13.8. The first kappa shape index (κ1) is 48.3. The monoisotopic (exact) mass is 771 g/mol. The van der Waals surface area contributed by atoms with Crippen molar-refractivity contribution in [3.63, 3.8) is 0 Å². The quantitative estimate of drug-likeness (QED) is 0.0289. The van der Waals surface area contributed by atoms with E-state index in [1.54, 1.807) is 0 Å². The van der Waals surface area contributed by atoms with Gasteiger partial charge in [-0.15, -0.1) is 0 Å². The molecule has 2 rings (SSSR count). The second-order valence-corrected chi connectivity index (χ2v) is 23.4. The molecule has 0 heterocycles. The van der Waals surface area contributed by atoms with Crippen LogP contribution in [0.1, 0.15) is 169 Å². The summed E-state index contributed by atoms with van der Waals surface area (Å²) in [6.07, 6.45) is 22.2. The van der Waals surface area contributed by atoms with Gasteiger partial charge in [0.05, 0.1) is 39.5 Å². The third-order valence-electron chi connectivity index (χ3n) is 12.4. The summed E-state index contributed by atoms with van der Waals surface area (Å²) < 4.78 is 13.3. The SMILES string of the molecule is CCCCCCCC[N+](C)(C)Cc1ccc(CC[Si](O[C@@H]2CC(=O)[C@H](CCCCCCC(=O)OC)[C@H]2/C=C/CC(C)(O)CCCC)(C(C)C)C(C)C)cc1. The molecule has 0 bridgehead atoms. The molecule has 310 valence electrons. The number of benzene rings is 1. The summed E-state index contributed by atoms with van der Waals surface area (Å²) >= 11 is 0. The highest BCUT2D eigenvalue weighted by molar-refractivity contribution is 6.76. The molecule has 1 unspecified atom stereocenters. The van der Waals surface area contributed by atoms with Crippen molar-refractivity contribution in [2.24, 2.45) is 11.8 Å². The topological polar surface area (TPSA) is 72.8 Å². The van der Waals surface area contributed by atoms with Gasteiger partial charge >= 0.3 is 5.97 Å². The second kappa shape index (κ2) is 24.7. The van der Waals surface area contributed by atoms with Gasteiger partial charge in [0.25, 0.3) is 0 Å². The van der Waals surface area contributed by atoms with E-state index in [0.717, 1.165) is 74.9 Å². The molecule has 0 spiro atoms. The number of aryl methyl sites for hydroxylation is 1. The minimum absolute atomic E-state index is 0.0241. The number of quaternary nitrogens is 1. The summed E-state index contributed by atoms with van der Waals surface area (Å²) in [5, 5.41) is 11.1. The van der Waals surface area contributed by atoms with E-state index >= 15 is 0 Å². The molecule has 4 atom stereocenters. The highest BCUT2D eigenvalue weighted by atomic mass is 28.4. The number of aliphatic hydroxyl groups is 1. The van der Waals surface area contributed by atoms with Gasteiger partial charge in [0, 0.05) is 30.2 Å². The lowest BCUT2D eigenvalue weighted by atomic mass is 9.87. The third kappa shape index (κ3) is 17.1. The lowest BCUT2D eigenvalue weighted by Crippen LogP contribution is -2.48. The van der Waals surface area contributed by atoms with Crippen molar-refractivity contribution >= 4 is 20.1 Å². The molecular formula is C47H84NO5Si+. The van der Waals surface area contributed by atoms with Gasteiger partial charge in [-0.1, -0.05) is 136 Å². The summed E-state index contributed by atoms with van der Waals surface area (Å²) in [5.41, 5.74) is 2.87. The van der Waals surface area contributed by atoms with Crippen LogP contribution in [-0.4, -0.2) is 69.1 Å². The third-order valence-corrected chi connectivity index (χ3v) is 18.1. The molecular weight excluding hydrogens is 687 g/mol. The van der Waals surface area contributed by atoms with Crippen molar-refractivity contribution in [3.8, 4) is 0 Å². The molecule has 6 nitrogen and oxygen atoms in total. The van der Waals surface area contributed by atoms with Gasteiger partial charge in [0.15, 0.2) is 8.32 Å². The zero-order valence-electron chi connectivity index (χ0n) is 36.7. The lowest BCUT2D eigenvalue weighted by molar-refractivity contribution is -0.903. The molecule has 0 aromatic heterocycles. The van der Waals surface area contributed by atoms with Gasteiger partial charge in [-0.05, 0) is 74.6 Å². The first-order chi connectivity index (χ1) is 25.6. The predicted octanol–water partition coefficient (Wildman–Crippen LogP) is 11.9. The second-order valence-electron chi connectivity index (χ2n) is 18.4. The molecule has 1 saturated carbocycles. The van der Waals surface area contributed by atoms with Gasteiger partial charge in [-0.3, -0.25) is 9.59 Å². The van der Waals surface area contributed by atoms with Crippen LogP contribution < -0.4 is 0 Å². The van der Waals surface area contributed by atoms with E-state index in [0.29, 0.717) is 36.1 Å². The molecule has 1 N–H and O–H groups in total. The number of hydrogen-bond donors (Lipinski definition) is 1. The molecule has 1 aromatic rings. The van der Waals surface area contributed by atoms with Crippen LogP contribution in [0.5, 0.6) is 0 Å². The number of esters is 1. The van der Waals surface area contributed by atoms with Crippen molar-refractivity contribution in [3.05, 3.63) is 47.5 Å². The number of nitrogens with zero attached hydrogens (tertiary/aromatic N) is 1. The minimum atomic E-state index is -2.32. The molecule has 1 aliphatic rings. The van der Waals surface area contributed by atoms with E-state index in [-0.39, 0.29) is 23.9 Å². The van der Waals surface area contributed by atoms with E-state index in [4.69, 9.17) is 9.16 Å². The maximum Gasteiger partial charge on any atom is 0.305 e. The van der Waals surface area contributed by atoms with Crippen molar-refractivity contribution < 1.29 is 28.3 Å². The van der Waals surface area contributed by atoms with E-state index in [1.165, 1.54) is 63.3 Å². The van der Waals surface area contributed by atoms with Crippen LogP contribution in [0, 0.1) is 11.8 Å². The standard InChI is InChI=1S/C47H84NO5Si/c1-11-13-15-16-19-22-34-48(8,9)37-41-29-27-40(28-30-41)31-35-54(38(3)4,39(5)6)53-45-36-44(49)42(24-20-17-18-21-26-46(50)52-10)43(45)25-23-33-47(7,51)32-14-12-2/h23,25,27-30,38-39,42-43,45,51H,11-22,24,26,31-37H2,1-10H3/q+1/b25-23+/t42-,43-,45-,47?/m1/s1. The van der Waals surface area contributed by atoms with E-state index < -0.39 is 13.9 Å². The van der Waals surface area contributed by atoms with E-state index in [1.807, 2.05) is 6.92 Å². The van der Waals surface area contributed by atoms with Crippen LogP contribution in [0.15, 0.2) is 36.4 Å². The fourth-order valence-electron chi connectivity index (χ4n) is 8.82. The lowest BCUT2D eigenvalue weighted by Gasteiger charge is -2.42. The largest absolute Gasteiger partial charge is 0.469 e. The molecule has 0 radical (unpaired) electrons. The number of Topliss-reactive ketones (excluding diaryl/α,β-unsaturated/α-hetero) is 1. The molecule has 0 amide bonds. The van der Waals surface area contributed by atoms with Gasteiger partial charge in [-0.25, -0.2) is 0 Å². The van der Waals surface area contributed by atoms with Crippen LogP contribution in [0.3, 0.4) is 0 Å². The summed E-state index contributed by atoms with van der Waals surface area (Å²) in [5.74, 6) is 0.134. The van der Waals surface area contributed by atoms with E-state index in [2.05, 4.69) is 92.1 Å². The maximum absolute atomic E-state index is 13.8. The predicted molar refractivity (Wildman–Crippen MR) is 230 cm³/mol. The van der Waals surface area contributed by atoms with Crippen LogP contribution in [0.2, 0.25) is 17.1 Å². The average molecular weight is 771 g/mol. The number of ether oxygens (including phenoxy) is 1. The van der Waals surface area contributed by atoms with Gasteiger partial charge in [-0.2, -0.15) is 0 Å². The molecule has 7 heteroatoms. The zero-order chi connectivity index (χ0) is 40.2. The molecule has 1 fully saturated rings. The number of carbonyl (C=O) groups is 2. The Labute approximate surface area is 334 Å². The fourth-order valence-corrected chi connectivity index (χ4v) is 13.5.